The molecule has 2 rings (SSSR count). The lowest BCUT2D eigenvalue weighted by molar-refractivity contribution is 0.250. The molecule has 126 valence electrons. The van der Waals surface area contributed by atoms with Gasteiger partial charge >= 0.3 is 0 Å². The van der Waals surface area contributed by atoms with Crippen LogP contribution in [0.2, 0.25) is 5.02 Å². The van der Waals surface area contributed by atoms with Crippen molar-refractivity contribution in [2.24, 2.45) is 11.7 Å². The number of sulfonamides is 1. The van der Waals surface area contributed by atoms with E-state index >= 15 is 0 Å². The van der Waals surface area contributed by atoms with Crippen molar-refractivity contribution >= 4 is 34.0 Å². The van der Waals surface area contributed by atoms with Gasteiger partial charge in [0.2, 0.25) is 10.0 Å². The third kappa shape index (κ3) is 4.06. The van der Waals surface area contributed by atoms with Crippen LogP contribution in [0.3, 0.4) is 0 Å². The van der Waals surface area contributed by atoms with Crippen LogP contribution in [0.15, 0.2) is 23.1 Å². The van der Waals surface area contributed by atoms with Crippen LogP contribution in [0.25, 0.3) is 0 Å². The summed E-state index contributed by atoms with van der Waals surface area (Å²) in [5.41, 5.74) is 5.89. The third-order valence-corrected chi connectivity index (χ3v) is 6.14. The Morgan fingerprint density at radius 2 is 1.95 bits per heavy atom. The summed E-state index contributed by atoms with van der Waals surface area (Å²) < 4.78 is 32.1. The summed E-state index contributed by atoms with van der Waals surface area (Å²) >= 11 is 5.93. The summed E-state index contributed by atoms with van der Waals surface area (Å²) in [5.74, 6) is 0.687. The summed E-state index contributed by atoms with van der Waals surface area (Å²) in [6, 6.07) is 4.72. The van der Waals surface area contributed by atoms with Gasteiger partial charge in [0.25, 0.3) is 0 Å². The van der Waals surface area contributed by atoms with E-state index in [-0.39, 0.29) is 23.3 Å². The van der Waals surface area contributed by atoms with Crippen LogP contribution in [-0.4, -0.2) is 39.0 Å². The molecule has 1 saturated heterocycles. The van der Waals surface area contributed by atoms with Crippen LogP contribution in [0.4, 0.5) is 0 Å². The second-order valence-electron chi connectivity index (χ2n) is 5.40. The number of nitrogens with zero attached hydrogens (tertiary/aromatic N) is 1. The van der Waals surface area contributed by atoms with Gasteiger partial charge in [-0.1, -0.05) is 11.6 Å². The van der Waals surface area contributed by atoms with E-state index in [1.165, 1.54) is 17.5 Å². The zero-order valence-corrected chi connectivity index (χ0v) is 15.0. The summed E-state index contributed by atoms with van der Waals surface area (Å²) in [7, 11) is -2.14. The Balaban J connectivity index is 0.00000242. The second-order valence-corrected chi connectivity index (χ2v) is 7.74. The van der Waals surface area contributed by atoms with E-state index in [4.69, 9.17) is 22.1 Å². The number of hydrogen-bond donors (Lipinski definition) is 1. The van der Waals surface area contributed by atoms with Crippen molar-refractivity contribution in [2.75, 3.05) is 20.2 Å². The maximum absolute atomic E-state index is 12.8. The van der Waals surface area contributed by atoms with Gasteiger partial charge in [-0.05, 0) is 43.9 Å². The van der Waals surface area contributed by atoms with E-state index < -0.39 is 10.0 Å². The van der Waals surface area contributed by atoms with Gasteiger partial charge in [-0.15, -0.1) is 12.4 Å². The summed E-state index contributed by atoms with van der Waals surface area (Å²) in [5, 5.41) is 0.375. The number of halogens is 2. The van der Waals surface area contributed by atoms with Gasteiger partial charge in [-0.25, -0.2) is 8.42 Å². The van der Waals surface area contributed by atoms with E-state index in [0.717, 1.165) is 12.8 Å². The van der Waals surface area contributed by atoms with Gasteiger partial charge in [0.05, 0.1) is 7.11 Å². The topological polar surface area (TPSA) is 72.6 Å². The van der Waals surface area contributed by atoms with Crippen LogP contribution in [0, 0.1) is 5.92 Å². The highest BCUT2D eigenvalue weighted by Crippen LogP contribution is 2.32. The van der Waals surface area contributed by atoms with Crippen molar-refractivity contribution in [3.63, 3.8) is 0 Å². The predicted octanol–water partition coefficient (Wildman–Crippen LogP) is 2.52. The van der Waals surface area contributed by atoms with Crippen molar-refractivity contribution in [3.05, 3.63) is 23.2 Å². The first-order chi connectivity index (χ1) is 9.86. The molecule has 1 fully saturated rings. The molecule has 1 atom stereocenters. The van der Waals surface area contributed by atoms with Crippen molar-refractivity contribution in [2.45, 2.75) is 30.7 Å². The Morgan fingerprint density at radius 1 is 1.36 bits per heavy atom. The van der Waals surface area contributed by atoms with Crippen molar-refractivity contribution in [1.82, 2.24) is 4.31 Å². The molecular weight excluding hydrogens is 347 g/mol. The molecule has 2 N–H and O–H groups in total. The SMILES string of the molecule is COc1ccc(Cl)cc1S(=O)(=O)N1CCC(C(C)N)CC1.Cl. The summed E-state index contributed by atoms with van der Waals surface area (Å²) in [4.78, 5) is 0.122. The van der Waals surface area contributed by atoms with Crippen LogP contribution in [0.5, 0.6) is 5.75 Å². The monoisotopic (exact) mass is 368 g/mol. The minimum absolute atomic E-state index is 0. The standard InChI is InChI=1S/C14H21ClN2O3S.ClH/c1-10(16)11-5-7-17(8-6-11)21(18,19)14-9-12(15)3-4-13(14)20-2;/h3-4,9-11H,5-8,16H2,1-2H3;1H. The molecular formula is C14H22Cl2N2O3S. The van der Waals surface area contributed by atoms with E-state index in [1.807, 2.05) is 6.92 Å². The average Bonchev–Trinajstić information content (AvgIpc) is 2.47. The van der Waals surface area contributed by atoms with Crippen LogP contribution < -0.4 is 10.5 Å². The highest BCUT2D eigenvalue weighted by atomic mass is 35.5. The molecule has 0 amide bonds. The zero-order valence-electron chi connectivity index (χ0n) is 12.7. The number of piperidine rings is 1. The predicted molar refractivity (Wildman–Crippen MR) is 90.4 cm³/mol. The lowest BCUT2D eigenvalue weighted by Crippen LogP contribution is -2.42. The van der Waals surface area contributed by atoms with Gasteiger partial charge in [0.15, 0.2) is 0 Å². The van der Waals surface area contributed by atoms with E-state index in [2.05, 4.69) is 0 Å². The van der Waals surface area contributed by atoms with Gasteiger partial charge in [0, 0.05) is 24.2 Å². The maximum Gasteiger partial charge on any atom is 0.246 e. The maximum atomic E-state index is 12.8. The Morgan fingerprint density at radius 3 is 2.45 bits per heavy atom. The molecule has 1 aliphatic rings. The quantitative estimate of drug-likeness (QED) is 0.885. The van der Waals surface area contributed by atoms with Crippen molar-refractivity contribution in [1.29, 1.82) is 0 Å². The van der Waals surface area contributed by atoms with Crippen molar-refractivity contribution < 1.29 is 13.2 Å². The van der Waals surface area contributed by atoms with Crippen LogP contribution >= 0.6 is 24.0 Å². The molecule has 22 heavy (non-hydrogen) atoms. The molecule has 0 bridgehead atoms. The fourth-order valence-corrected chi connectivity index (χ4v) is 4.52. The van der Waals surface area contributed by atoms with Gasteiger partial charge in [-0.3, -0.25) is 0 Å². The highest BCUT2D eigenvalue weighted by molar-refractivity contribution is 7.89. The number of hydrogen-bond acceptors (Lipinski definition) is 4. The Labute approximate surface area is 143 Å². The minimum Gasteiger partial charge on any atom is -0.495 e. The third-order valence-electron chi connectivity index (χ3n) is 3.99. The number of rotatable bonds is 4. The molecule has 5 nitrogen and oxygen atoms in total. The van der Waals surface area contributed by atoms with Crippen molar-refractivity contribution in [3.8, 4) is 5.75 Å². The first-order valence-corrected chi connectivity index (χ1v) is 8.77. The number of benzene rings is 1. The summed E-state index contributed by atoms with van der Waals surface area (Å²) in [6.45, 7) is 2.92. The second kappa shape index (κ2) is 7.84. The molecule has 1 heterocycles. The molecule has 1 unspecified atom stereocenters. The minimum atomic E-state index is -3.59. The molecule has 0 aromatic heterocycles. The lowest BCUT2D eigenvalue weighted by Gasteiger charge is -2.33. The van der Waals surface area contributed by atoms with Gasteiger partial charge < -0.3 is 10.5 Å². The van der Waals surface area contributed by atoms with E-state index in [9.17, 15) is 8.42 Å². The lowest BCUT2D eigenvalue weighted by atomic mass is 9.92. The first-order valence-electron chi connectivity index (χ1n) is 6.95. The van der Waals surface area contributed by atoms with E-state index in [0.29, 0.717) is 29.8 Å². The first kappa shape index (κ1) is 19.5. The fourth-order valence-electron chi connectivity index (χ4n) is 2.63. The number of ether oxygens (including phenoxy) is 1. The molecule has 0 aliphatic carbocycles. The Bertz CT molecular complexity index is 600. The highest BCUT2D eigenvalue weighted by Gasteiger charge is 2.32. The molecule has 0 saturated carbocycles. The fraction of sp³-hybridized carbons (Fsp3) is 0.571. The van der Waals surface area contributed by atoms with Crippen LogP contribution in [-0.2, 0) is 10.0 Å². The molecule has 1 aromatic carbocycles. The normalized spacial score (nSPS) is 18.5. The van der Waals surface area contributed by atoms with E-state index in [1.54, 1.807) is 12.1 Å². The number of nitrogens with two attached hydrogens (primary N) is 1. The largest absolute Gasteiger partial charge is 0.495 e. The van der Waals surface area contributed by atoms with Gasteiger partial charge in [-0.2, -0.15) is 4.31 Å². The molecule has 1 aromatic rings. The van der Waals surface area contributed by atoms with Crippen LogP contribution in [0.1, 0.15) is 19.8 Å². The Kier molecular flexibility index (Phi) is 6.95. The smallest absolute Gasteiger partial charge is 0.246 e. The Hall–Kier alpha value is -0.530. The molecule has 0 radical (unpaired) electrons. The molecule has 8 heteroatoms. The summed E-state index contributed by atoms with van der Waals surface area (Å²) in [6.07, 6.45) is 1.56. The average molecular weight is 369 g/mol. The molecule has 1 aliphatic heterocycles. The number of methoxy groups -OCH3 is 1. The van der Waals surface area contributed by atoms with Gasteiger partial charge in [0.1, 0.15) is 10.6 Å². The molecule has 0 spiro atoms. The zero-order chi connectivity index (χ0) is 15.6.